The van der Waals surface area contributed by atoms with Crippen molar-refractivity contribution >= 4 is 5.82 Å². The van der Waals surface area contributed by atoms with Crippen LogP contribution in [0.5, 0.6) is 0 Å². The van der Waals surface area contributed by atoms with Crippen molar-refractivity contribution in [1.82, 2.24) is 14.9 Å². The summed E-state index contributed by atoms with van der Waals surface area (Å²) in [5.74, 6) is 1.57. The van der Waals surface area contributed by atoms with E-state index in [-0.39, 0.29) is 5.41 Å². The molecular weight excluding hydrogens is 336 g/mol. The van der Waals surface area contributed by atoms with Crippen molar-refractivity contribution in [3.05, 3.63) is 18.1 Å². The van der Waals surface area contributed by atoms with E-state index >= 15 is 0 Å². The normalized spacial score (nSPS) is 25.7. The number of anilines is 1. The summed E-state index contributed by atoms with van der Waals surface area (Å²) in [5.41, 5.74) is 1.67. The lowest BCUT2D eigenvalue weighted by atomic mass is 9.81. The summed E-state index contributed by atoms with van der Waals surface area (Å²) in [4.78, 5) is 14.1. The zero-order valence-corrected chi connectivity index (χ0v) is 18.6. The second-order valence-corrected chi connectivity index (χ2v) is 9.53. The van der Waals surface area contributed by atoms with E-state index in [2.05, 4.69) is 60.6 Å². The van der Waals surface area contributed by atoms with Gasteiger partial charge in [0.05, 0.1) is 13.2 Å². The predicted octanol–water partition coefficient (Wildman–Crippen LogP) is 4.20. The molecule has 0 bridgehead atoms. The van der Waals surface area contributed by atoms with Crippen LogP contribution in [0.1, 0.15) is 66.0 Å². The summed E-state index contributed by atoms with van der Waals surface area (Å²) < 4.78 is 5.77. The molecule has 154 valence electrons. The standard InChI is InChI=1S/C20H34N4O.C2H6/c1-19(2)11-16(6-7-23(5)12-19)17-10-18(22-15-21-17)24-8-9-25-14-20(3,4)13-24;1-2/h10,15-16H,6-9,11-14H2,1-5H3;1-2H3. The van der Waals surface area contributed by atoms with E-state index in [1.54, 1.807) is 6.33 Å². The summed E-state index contributed by atoms with van der Waals surface area (Å²) in [6, 6.07) is 2.23. The summed E-state index contributed by atoms with van der Waals surface area (Å²) in [6.07, 6.45) is 4.11. The van der Waals surface area contributed by atoms with Gasteiger partial charge in [0.15, 0.2) is 0 Å². The molecule has 0 saturated carbocycles. The lowest BCUT2D eigenvalue weighted by molar-refractivity contribution is 0.0893. The molecule has 0 aliphatic carbocycles. The summed E-state index contributed by atoms with van der Waals surface area (Å²) >= 11 is 0. The van der Waals surface area contributed by atoms with Crippen molar-refractivity contribution in [1.29, 1.82) is 0 Å². The Kier molecular flexibility index (Phi) is 7.64. The zero-order valence-electron chi connectivity index (χ0n) is 18.6. The van der Waals surface area contributed by atoms with E-state index in [4.69, 9.17) is 4.74 Å². The van der Waals surface area contributed by atoms with Gasteiger partial charge in [0.2, 0.25) is 0 Å². The summed E-state index contributed by atoms with van der Waals surface area (Å²) in [5, 5.41) is 0. The van der Waals surface area contributed by atoms with Crippen molar-refractivity contribution in [3.8, 4) is 0 Å². The highest BCUT2D eigenvalue weighted by Gasteiger charge is 2.31. The molecule has 1 unspecified atom stereocenters. The van der Waals surface area contributed by atoms with Gasteiger partial charge in [-0.15, -0.1) is 0 Å². The maximum absolute atomic E-state index is 5.77. The highest BCUT2D eigenvalue weighted by atomic mass is 16.5. The molecule has 0 spiro atoms. The topological polar surface area (TPSA) is 41.5 Å². The van der Waals surface area contributed by atoms with Crippen LogP contribution < -0.4 is 4.90 Å². The molecule has 0 aromatic carbocycles. The Labute approximate surface area is 166 Å². The maximum Gasteiger partial charge on any atom is 0.132 e. The quantitative estimate of drug-likeness (QED) is 0.774. The third-order valence-electron chi connectivity index (χ3n) is 5.39. The van der Waals surface area contributed by atoms with E-state index in [0.717, 1.165) is 45.2 Å². The van der Waals surface area contributed by atoms with Crippen molar-refractivity contribution in [3.63, 3.8) is 0 Å². The van der Waals surface area contributed by atoms with Crippen LogP contribution in [0.4, 0.5) is 5.82 Å². The number of ether oxygens (including phenoxy) is 1. The number of rotatable bonds is 2. The molecule has 5 heteroatoms. The maximum atomic E-state index is 5.77. The summed E-state index contributed by atoms with van der Waals surface area (Å²) in [7, 11) is 2.23. The molecule has 3 rings (SSSR count). The molecule has 3 heterocycles. The smallest absolute Gasteiger partial charge is 0.132 e. The van der Waals surface area contributed by atoms with Crippen molar-refractivity contribution in [2.24, 2.45) is 10.8 Å². The molecule has 1 atom stereocenters. The monoisotopic (exact) mass is 376 g/mol. The third-order valence-corrected chi connectivity index (χ3v) is 5.39. The molecule has 5 nitrogen and oxygen atoms in total. The average molecular weight is 377 g/mol. The van der Waals surface area contributed by atoms with E-state index in [0.29, 0.717) is 11.3 Å². The third kappa shape index (κ3) is 6.42. The Balaban J connectivity index is 0.00000126. The van der Waals surface area contributed by atoms with Crippen LogP contribution in [0, 0.1) is 10.8 Å². The van der Waals surface area contributed by atoms with Crippen molar-refractivity contribution in [2.45, 2.75) is 60.3 Å². The SMILES string of the molecule is CC.CN1CCC(c2cc(N3CCOCC(C)(C)C3)ncn2)CC(C)(C)C1. The minimum atomic E-state index is 0.147. The first kappa shape index (κ1) is 22.1. The molecule has 27 heavy (non-hydrogen) atoms. The molecule has 1 aromatic rings. The van der Waals surface area contributed by atoms with Crippen molar-refractivity contribution in [2.75, 3.05) is 51.3 Å². The zero-order chi connectivity index (χ0) is 20.1. The Morgan fingerprint density at radius 2 is 1.78 bits per heavy atom. The lowest BCUT2D eigenvalue weighted by Crippen LogP contribution is -2.35. The van der Waals surface area contributed by atoms with Crippen molar-refractivity contribution < 1.29 is 4.74 Å². The molecule has 2 aliphatic heterocycles. The highest BCUT2D eigenvalue weighted by molar-refractivity contribution is 5.40. The number of nitrogens with zero attached hydrogens (tertiary/aromatic N) is 4. The van der Waals surface area contributed by atoms with E-state index in [9.17, 15) is 0 Å². The number of hydrogen-bond acceptors (Lipinski definition) is 5. The van der Waals surface area contributed by atoms with E-state index < -0.39 is 0 Å². The first-order chi connectivity index (χ1) is 12.7. The van der Waals surface area contributed by atoms with Crippen LogP contribution >= 0.6 is 0 Å². The first-order valence-corrected chi connectivity index (χ1v) is 10.6. The van der Waals surface area contributed by atoms with Crippen LogP contribution in [0.15, 0.2) is 12.4 Å². The summed E-state index contributed by atoms with van der Waals surface area (Å²) in [6.45, 7) is 19.0. The molecule has 2 saturated heterocycles. The second kappa shape index (κ2) is 9.33. The fraction of sp³-hybridized carbons (Fsp3) is 0.818. The van der Waals surface area contributed by atoms with Crippen LogP contribution in [-0.2, 0) is 4.74 Å². The van der Waals surface area contributed by atoms with Gasteiger partial charge < -0.3 is 14.5 Å². The second-order valence-electron chi connectivity index (χ2n) is 9.53. The van der Waals surface area contributed by atoms with Gasteiger partial charge in [0, 0.05) is 42.7 Å². The van der Waals surface area contributed by atoms with Crippen LogP contribution in [0.3, 0.4) is 0 Å². The van der Waals surface area contributed by atoms with Gasteiger partial charge in [0.1, 0.15) is 12.1 Å². The molecule has 1 aromatic heterocycles. The minimum Gasteiger partial charge on any atom is -0.379 e. The Hall–Kier alpha value is -1.20. The van der Waals surface area contributed by atoms with Crippen LogP contribution in [0.2, 0.25) is 0 Å². The number of hydrogen-bond donors (Lipinski definition) is 0. The van der Waals surface area contributed by atoms with E-state index in [1.807, 2.05) is 13.8 Å². The number of aromatic nitrogens is 2. The Morgan fingerprint density at radius 1 is 1.04 bits per heavy atom. The lowest BCUT2D eigenvalue weighted by Gasteiger charge is -2.30. The molecule has 0 N–H and O–H groups in total. The number of likely N-dealkylation sites (tertiary alicyclic amines) is 1. The minimum absolute atomic E-state index is 0.147. The Morgan fingerprint density at radius 3 is 2.52 bits per heavy atom. The van der Waals surface area contributed by atoms with Crippen LogP contribution in [-0.4, -0.2) is 61.3 Å². The Bertz CT molecular complexity index is 587. The van der Waals surface area contributed by atoms with Gasteiger partial charge in [-0.2, -0.15) is 0 Å². The highest BCUT2D eigenvalue weighted by Crippen LogP contribution is 2.37. The fourth-order valence-electron chi connectivity index (χ4n) is 4.39. The molecule has 0 amide bonds. The molecule has 2 fully saturated rings. The average Bonchev–Trinajstić information content (AvgIpc) is 2.88. The van der Waals surface area contributed by atoms with Gasteiger partial charge >= 0.3 is 0 Å². The van der Waals surface area contributed by atoms with Gasteiger partial charge in [-0.1, -0.05) is 41.5 Å². The first-order valence-electron chi connectivity index (χ1n) is 10.6. The fourth-order valence-corrected chi connectivity index (χ4v) is 4.39. The van der Waals surface area contributed by atoms with Crippen LogP contribution in [0.25, 0.3) is 0 Å². The van der Waals surface area contributed by atoms with E-state index in [1.165, 1.54) is 18.5 Å². The van der Waals surface area contributed by atoms with Gasteiger partial charge in [-0.25, -0.2) is 9.97 Å². The van der Waals surface area contributed by atoms with Gasteiger partial charge in [-0.05, 0) is 31.8 Å². The molecule has 2 aliphatic rings. The molecular formula is C22H40N4O. The largest absolute Gasteiger partial charge is 0.379 e. The van der Waals surface area contributed by atoms with Gasteiger partial charge in [-0.3, -0.25) is 0 Å². The predicted molar refractivity (Wildman–Crippen MR) is 113 cm³/mol. The molecule has 0 radical (unpaired) electrons. The van der Waals surface area contributed by atoms with Gasteiger partial charge in [0.25, 0.3) is 0 Å².